The average molecular weight is 301 g/mol. The molecule has 0 spiro atoms. The van der Waals surface area contributed by atoms with Gasteiger partial charge in [-0.2, -0.15) is 5.26 Å². The maximum absolute atomic E-state index is 12.7. The molecular formula is C15H15N3O2S. The number of hydrogen-bond acceptors (Lipinski definition) is 4. The maximum Gasteiger partial charge on any atom is 0.264 e. The largest absolute Gasteiger partial charge is 0.398 e. The summed E-state index contributed by atoms with van der Waals surface area (Å²) in [6.07, 6.45) is 0. The van der Waals surface area contributed by atoms with E-state index in [-0.39, 0.29) is 4.90 Å². The van der Waals surface area contributed by atoms with Crippen molar-refractivity contribution < 1.29 is 8.42 Å². The summed E-state index contributed by atoms with van der Waals surface area (Å²) in [5, 5.41) is 8.91. The number of nitriles is 1. The van der Waals surface area contributed by atoms with Gasteiger partial charge in [-0.05, 0) is 42.8 Å². The topological polar surface area (TPSA) is 87.2 Å². The summed E-state index contributed by atoms with van der Waals surface area (Å²) in [5.41, 5.74) is 7.54. The molecule has 0 aliphatic rings. The van der Waals surface area contributed by atoms with Gasteiger partial charge < -0.3 is 5.73 Å². The zero-order valence-electron chi connectivity index (χ0n) is 11.7. The summed E-state index contributed by atoms with van der Waals surface area (Å²) >= 11 is 0. The highest BCUT2D eigenvalue weighted by Crippen LogP contribution is 2.27. The Bertz CT molecular complexity index is 823. The van der Waals surface area contributed by atoms with Crippen molar-refractivity contribution in [2.24, 2.45) is 0 Å². The number of benzene rings is 2. The summed E-state index contributed by atoms with van der Waals surface area (Å²) in [6, 6.07) is 13.2. The van der Waals surface area contributed by atoms with Crippen LogP contribution in [0.5, 0.6) is 0 Å². The normalized spacial score (nSPS) is 10.9. The van der Waals surface area contributed by atoms with Crippen LogP contribution in [0, 0.1) is 18.3 Å². The Balaban J connectivity index is 2.53. The summed E-state index contributed by atoms with van der Waals surface area (Å²) in [4.78, 5) is 0.160. The molecule has 21 heavy (non-hydrogen) atoms. The molecule has 0 aliphatic heterocycles. The van der Waals surface area contributed by atoms with E-state index in [0.717, 1.165) is 4.31 Å². The first-order valence-electron chi connectivity index (χ1n) is 6.22. The number of nitrogens with zero attached hydrogens (tertiary/aromatic N) is 2. The van der Waals surface area contributed by atoms with Crippen molar-refractivity contribution in [3.8, 4) is 6.07 Å². The third kappa shape index (κ3) is 2.69. The van der Waals surface area contributed by atoms with Crippen LogP contribution in [0.15, 0.2) is 47.4 Å². The van der Waals surface area contributed by atoms with Gasteiger partial charge in [0.1, 0.15) is 0 Å². The second-order valence-electron chi connectivity index (χ2n) is 4.61. The van der Waals surface area contributed by atoms with Crippen LogP contribution >= 0.6 is 0 Å². The van der Waals surface area contributed by atoms with Crippen LogP contribution in [-0.2, 0) is 10.0 Å². The Labute approximate surface area is 124 Å². The molecule has 5 nitrogen and oxygen atoms in total. The minimum absolute atomic E-state index is 0.160. The quantitative estimate of drug-likeness (QED) is 0.881. The minimum Gasteiger partial charge on any atom is -0.398 e. The Morgan fingerprint density at radius 2 is 1.86 bits per heavy atom. The van der Waals surface area contributed by atoms with Gasteiger partial charge in [-0.25, -0.2) is 8.42 Å². The monoisotopic (exact) mass is 301 g/mol. The number of nitrogen functional groups attached to an aromatic ring is 1. The molecule has 0 saturated heterocycles. The molecule has 108 valence electrons. The smallest absolute Gasteiger partial charge is 0.264 e. The maximum atomic E-state index is 12.7. The van der Waals surface area contributed by atoms with Gasteiger partial charge in [-0.15, -0.1) is 0 Å². The van der Waals surface area contributed by atoms with Crippen molar-refractivity contribution in [1.29, 1.82) is 5.26 Å². The Hall–Kier alpha value is -2.52. The van der Waals surface area contributed by atoms with E-state index >= 15 is 0 Å². The highest BCUT2D eigenvalue weighted by Gasteiger charge is 2.24. The number of anilines is 2. The van der Waals surface area contributed by atoms with Crippen LogP contribution in [-0.4, -0.2) is 15.5 Å². The fourth-order valence-electron chi connectivity index (χ4n) is 1.97. The van der Waals surface area contributed by atoms with Gasteiger partial charge in [-0.3, -0.25) is 4.31 Å². The molecule has 0 bridgehead atoms. The van der Waals surface area contributed by atoms with E-state index < -0.39 is 10.0 Å². The Morgan fingerprint density at radius 1 is 1.19 bits per heavy atom. The summed E-state index contributed by atoms with van der Waals surface area (Å²) < 4.78 is 26.5. The molecule has 2 aromatic carbocycles. The van der Waals surface area contributed by atoms with Gasteiger partial charge in [0.15, 0.2) is 0 Å². The third-order valence-corrected chi connectivity index (χ3v) is 5.23. The van der Waals surface area contributed by atoms with Gasteiger partial charge in [0.25, 0.3) is 10.0 Å². The molecule has 0 amide bonds. The lowest BCUT2D eigenvalue weighted by atomic mass is 10.2. The molecular weight excluding hydrogens is 286 g/mol. The van der Waals surface area contributed by atoms with Crippen LogP contribution < -0.4 is 10.0 Å². The van der Waals surface area contributed by atoms with E-state index in [0.29, 0.717) is 22.5 Å². The molecule has 0 saturated carbocycles. The lowest BCUT2D eigenvalue weighted by Gasteiger charge is -2.21. The first kappa shape index (κ1) is 14.9. The standard InChI is InChI=1S/C15H15N3O2S/c1-11-14(17)7-4-8-15(11)21(19,20)18(2)13-6-3-5-12(9-13)10-16/h3-9H,17H2,1-2H3. The van der Waals surface area contributed by atoms with Gasteiger partial charge in [0.2, 0.25) is 0 Å². The predicted molar refractivity (Wildman–Crippen MR) is 82.3 cm³/mol. The number of sulfonamides is 1. The lowest BCUT2D eigenvalue weighted by Crippen LogP contribution is -2.27. The summed E-state index contributed by atoms with van der Waals surface area (Å²) in [5.74, 6) is 0. The van der Waals surface area contributed by atoms with Crippen LogP contribution in [0.25, 0.3) is 0 Å². The van der Waals surface area contributed by atoms with Crippen molar-refractivity contribution in [3.05, 3.63) is 53.6 Å². The first-order chi connectivity index (χ1) is 9.87. The predicted octanol–water partition coefficient (Wildman–Crippen LogP) is 2.27. The molecule has 0 atom stereocenters. The van der Waals surface area contributed by atoms with Crippen molar-refractivity contribution in [2.75, 3.05) is 17.1 Å². The third-order valence-electron chi connectivity index (χ3n) is 3.30. The number of rotatable bonds is 3. The Kier molecular flexibility index (Phi) is 3.87. The molecule has 0 unspecified atom stereocenters. The number of hydrogen-bond donors (Lipinski definition) is 1. The number of nitrogens with two attached hydrogens (primary N) is 1. The van der Waals surface area contributed by atoms with E-state index in [2.05, 4.69) is 0 Å². The van der Waals surface area contributed by atoms with Gasteiger partial charge in [0.05, 0.1) is 22.2 Å². The highest BCUT2D eigenvalue weighted by atomic mass is 32.2. The first-order valence-corrected chi connectivity index (χ1v) is 7.66. The van der Waals surface area contributed by atoms with Crippen molar-refractivity contribution >= 4 is 21.4 Å². The van der Waals surface area contributed by atoms with Gasteiger partial charge >= 0.3 is 0 Å². The fourth-order valence-corrected chi connectivity index (χ4v) is 3.41. The van der Waals surface area contributed by atoms with Crippen LogP contribution in [0.2, 0.25) is 0 Å². The van der Waals surface area contributed by atoms with E-state index in [9.17, 15) is 8.42 Å². The molecule has 0 radical (unpaired) electrons. The molecule has 2 N–H and O–H groups in total. The van der Waals surface area contributed by atoms with Gasteiger partial charge in [0, 0.05) is 12.7 Å². The SMILES string of the molecule is Cc1c(N)cccc1S(=O)(=O)N(C)c1cccc(C#N)c1. The van der Waals surface area contributed by atoms with E-state index in [1.54, 1.807) is 37.3 Å². The second kappa shape index (κ2) is 5.46. The molecule has 0 heterocycles. The van der Waals surface area contributed by atoms with Crippen LogP contribution in [0.1, 0.15) is 11.1 Å². The minimum atomic E-state index is -3.73. The molecule has 2 aromatic rings. The van der Waals surface area contributed by atoms with E-state index in [1.807, 2.05) is 6.07 Å². The molecule has 0 fully saturated rings. The zero-order chi connectivity index (χ0) is 15.6. The molecule has 0 aliphatic carbocycles. The fraction of sp³-hybridized carbons (Fsp3) is 0.133. The molecule has 2 rings (SSSR count). The van der Waals surface area contributed by atoms with Crippen LogP contribution in [0.3, 0.4) is 0 Å². The molecule has 0 aromatic heterocycles. The highest BCUT2D eigenvalue weighted by molar-refractivity contribution is 7.92. The van der Waals surface area contributed by atoms with Crippen molar-refractivity contribution in [3.63, 3.8) is 0 Å². The summed E-state index contributed by atoms with van der Waals surface area (Å²) in [6.45, 7) is 1.67. The van der Waals surface area contributed by atoms with E-state index in [4.69, 9.17) is 11.0 Å². The summed E-state index contributed by atoms with van der Waals surface area (Å²) in [7, 11) is -2.27. The van der Waals surface area contributed by atoms with Crippen molar-refractivity contribution in [2.45, 2.75) is 11.8 Å². The van der Waals surface area contributed by atoms with Gasteiger partial charge in [-0.1, -0.05) is 12.1 Å². The van der Waals surface area contributed by atoms with Crippen LogP contribution in [0.4, 0.5) is 11.4 Å². The Morgan fingerprint density at radius 3 is 2.52 bits per heavy atom. The van der Waals surface area contributed by atoms with Crippen molar-refractivity contribution in [1.82, 2.24) is 0 Å². The lowest BCUT2D eigenvalue weighted by molar-refractivity contribution is 0.594. The second-order valence-corrected chi connectivity index (χ2v) is 6.54. The van der Waals surface area contributed by atoms with E-state index in [1.165, 1.54) is 19.2 Å². The zero-order valence-corrected chi connectivity index (χ0v) is 12.6. The average Bonchev–Trinajstić information content (AvgIpc) is 2.49. The molecule has 6 heteroatoms.